The zero-order valence-corrected chi connectivity index (χ0v) is 15.6. The third-order valence-corrected chi connectivity index (χ3v) is 4.39. The van der Waals surface area contributed by atoms with E-state index in [1.165, 1.54) is 0 Å². The number of amides is 1. The second-order valence-corrected chi connectivity index (χ2v) is 6.42. The van der Waals surface area contributed by atoms with Gasteiger partial charge in [-0.05, 0) is 43.2 Å². The van der Waals surface area contributed by atoms with Gasteiger partial charge in [0.2, 0.25) is 5.91 Å². The predicted molar refractivity (Wildman–Crippen MR) is 103 cm³/mol. The average Bonchev–Trinajstić information content (AvgIpc) is 3.09. The molecule has 3 rings (SSSR count). The summed E-state index contributed by atoms with van der Waals surface area (Å²) in [5, 5.41) is 16.9. The molecule has 2 aromatic carbocycles. The van der Waals surface area contributed by atoms with Gasteiger partial charge in [-0.15, -0.1) is 0 Å². The maximum absolute atomic E-state index is 12.2. The van der Waals surface area contributed by atoms with Crippen molar-refractivity contribution < 1.29 is 24.0 Å². The molecule has 0 fully saturated rings. The van der Waals surface area contributed by atoms with Crippen molar-refractivity contribution in [3.8, 4) is 5.75 Å². The first-order chi connectivity index (χ1) is 13.6. The third-order valence-electron chi connectivity index (χ3n) is 4.39. The number of rotatable bonds is 9. The first kappa shape index (κ1) is 19.4. The number of para-hydroxylation sites is 1. The fourth-order valence-electron chi connectivity index (χ4n) is 2.94. The Labute approximate surface area is 162 Å². The molecule has 28 heavy (non-hydrogen) atoms. The van der Waals surface area contributed by atoms with Gasteiger partial charge in [-0.2, -0.15) is 0 Å². The molecule has 146 valence electrons. The number of ether oxygens (including phenoxy) is 1. The summed E-state index contributed by atoms with van der Waals surface area (Å²) in [6, 6.07) is 14.6. The second-order valence-electron chi connectivity index (χ2n) is 6.42. The Morgan fingerprint density at radius 3 is 2.64 bits per heavy atom. The van der Waals surface area contributed by atoms with E-state index in [9.17, 15) is 14.7 Å². The molecule has 0 aliphatic heterocycles. The van der Waals surface area contributed by atoms with Gasteiger partial charge in [0.25, 0.3) is 0 Å². The summed E-state index contributed by atoms with van der Waals surface area (Å²) in [6.07, 6.45) is 0.349. The van der Waals surface area contributed by atoms with Gasteiger partial charge in [-0.25, -0.2) is 0 Å². The largest absolute Gasteiger partial charge is 0.494 e. The topological polar surface area (TPSA) is 102 Å². The van der Waals surface area contributed by atoms with Crippen molar-refractivity contribution in [3.63, 3.8) is 0 Å². The van der Waals surface area contributed by atoms with Crippen LogP contribution < -0.4 is 10.1 Å². The van der Waals surface area contributed by atoms with Crippen LogP contribution in [0.25, 0.3) is 11.0 Å². The highest BCUT2D eigenvalue weighted by atomic mass is 16.5. The van der Waals surface area contributed by atoms with E-state index in [2.05, 4.69) is 10.5 Å². The summed E-state index contributed by atoms with van der Waals surface area (Å²) in [7, 11) is 0. The summed E-state index contributed by atoms with van der Waals surface area (Å²) >= 11 is 0. The lowest BCUT2D eigenvalue weighted by Gasteiger charge is -2.14. The summed E-state index contributed by atoms with van der Waals surface area (Å²) in [5.41, 5.74) is 2.02. The van der Waals surface area contributed by atoms with Crippen molar-refractivity contribution in [2.75, 3.05) is 13.2 Å². The monoisotopic (exact) mass is 382 g/mol. The van der Waals surface area contributed by atoms with Crippen LogP contribution in [-0.4, -0.2) is 35.3 Å². The number of carbonyl (C=O) groups is 2. The lowest BCUT2D eigenvalue weighted by Crippen LogP contribution is -2.35. The SMILES string of the molecule is CCOc1ccc(CC(CNC(=O)Cc2noc3ccccc23)C(=O)O)cc1. The van der Waals surface area contributed by atoms with E-state index in [1.807, 2.05) is 49.4 Å². The zero-order chi connectivity index (χ0) is 19.9. The van der Waals surface area contributed by atoms with Crippen molar-refractivity contribution >= 4 is 22.8 Å². The molecule has 2 N–H and O–H groups in total. The highest BCUT2D eigenvalue weighted by molar-refractivity contribution is 5.86. The average molecular weight is 382 g/mol. The second kappa shape index (κ2) is 9.03. The summed E-state index contributed by atoms with van der Waals surface area (Å²) in [5.74, 6) is -1.24. The van der Waals surface area contributed by atoms with Crippen LogP contribution in [0, 0.1) is 5.92 Å². The van der Waals surface area contributed by atoms with Crippen LogP contribution in [0.15, 0.2) is 53.1 Å². The standard InChI is InChI=1S/C21H22N2O5/c1-2-27-16-9-7-14(8-10-16)11-15(21(25)26)13-22-20(24)12-18-17-5-3-4-6-19(17)28-23-18/h3-10,15H,2,11-13H2,1H3,(H,22,24)(H,25,26). The van der Waals surface area contributed by atoms with E-state index < -0.39 is 11.9 Å². The Hall–Kier alpha value is -3.35. The minimum atomic E-state index is -0.957. The van der Waals surface area contributed by atoms with Gasteiger partial charge in [0.1, 0.15) is 11.4 Å². The third kappa shape index (κ3) is 4.88. The van der Waals surface area contributed by atoms with E-state index in [4.69, 9.17) is 9.26 Å². The maximum Gasteiger partial charge on any atom is 0.308 e. The Morgan fingerprint density at radius 1 is 1.18 bits per heavy atom. The molecule has 0 saturated heterocycles. The number of carbonyl (C=O) groups excluding carboxylic acids is 1. The molecule has 0 aliphatic rings. The van der Waals surface area contributed by atoms with Gasteiger partial charge < -0.3 is 19.7 Å². The van der Waals surface area contributed by atoms with E-state index in [0.29, 0.717) is 24.3 Å². The molecule has 1 amide bonds. The molecule has 1 atom stereocenters. The van der Waals surface area contributed by atoms with E-state index in [-0.39, 0.29) is 18.9 Å². The summed E-state index contributed by atoms with van der Waals surface area (Å²) in [4.78, 5) is 23.8. The number of aromatic nitrogens is 1. The lowest BCUT2D eigenvalue weighted by atomic mass is 9.99. The molecular formula is C21H22N2O5. The van der Waals surface area contributed by atoms with Crippen LogP contribution in [0.5, 0.6) is 5.75 Å². The van der Waals surface area contributed by atoms with Gasteiger partial charge >= 0.3 is 5.97 Å². The number of carboxylic acid groups (broad SMARTS) is 1. The first-order valence-electron chi connectivity index (χ1n) is 9.11. The number of carboxylic acids is 1. The molecule has 1 unspecified atom stereocenters. The van der Waals surface area contributed by atoms with Crippen LogP contribution in [0.3, 0.4) is 0 Å². The molecular weight excluding hydrogens is 360 g/mol. The van der Waals surface area contributed by atoms with Crippen LogP contribution in [0.2, 0.25) is 0 Å². The summed E-state index contributed by atoms with van der Waals surface area (Å²) < 4.78 is 10.6. The molecule has 1 aromatic heterocycles. The molecule has 0 spiro atoms. The molecule has 7 heteroatoms. The minimum absolute atomic E-state index is 0.0341. The molecule has 0 bridgehead atoms. The quantitative estimate of drug-likeness (QED) is 0.590. The Bertz CT molecular complexity index is 949. The Balaban J connectivity index is 1.56. The fourth-order valence-corrected chi connectivity index (χ4v) is 2.94. The van der Waals surface area contributed by atoms with Gasteiger partial charge in [0.15, 0.2) is 5.58 Å². The zero-order valence-electron chi connectivity index (χ0n) is 15.6. The van der Waals surface area contributed by atoms with Gasteiger partial charge in [-0.1, -0.05) is 29.4 Å². The summed E-state index contributed by atoms with van der Waals surface area (Å²) in [6.45, 7) is 2.51. The van der Waals surface area contributed by atoms with E-state index in [1.54, 1.807) is 6.07 Å². The number of benzene rings is 2. The van der Waals surface area contributed by atoms with Crippen molar-refractivity contribution in [2.24, 2.45) is 5.92 Å². The molecule has 7 nitrogen and oxygen atoms in total. The van der Waals surface area contributed by atoms with Crippen molar-refractivity contribution in [1.82, 2.24) is 10.5 Å². The number of hydrogen-bond donors (Lipinski definition) is 2. The number of hydrogen-bond acceptors (Lipinski definition) is 5. The Kier molecular flexibility index (Phi) is 6.26. The Morgan fingerprint density at radius 2 is 1.93 bits per heavy atom. The molecule has 3 aromatic rings. The van der Waals surface area contributed by atoms with Crippen LogP contribution in [0.1, 0.15) is 18.2 Å². The normalized spacial score (nSPS) is 11.9. The van der Waals surface area contributed by atoms with Gasteiger partial charge in [0.05, 0.1) is 18.9 Å². The van der Waals surface area contributed by atoms with Gasteiger partial charge in [-0.3, -0.25) is 9.59 Å². The van der Waals surface area contributed by atoms with Crippen LogP contribution >= 0.6 is 0 Å². The van der Waals surface area contributed by atoms with Crippen molar-refractivity contribution in [2.45, 2.75) is 19.8 Å². The highest BCUT2D eigenvalue weighted by Gasteiger charge is 2.20. The molecule has 0 radical (unpaired) electrons. The smallest absolute Gasteiger partial charge is 0.308 e. The minimum Gasteiger partial charge on any atom is -0.494 e. The van der Waals surface area contributed by atoms with E-state index >= 15 is 0 Å². The molecule has 1 heterocycles. The van der Waals surface area contributed by atoms with E-state index in [0.717, 1.165) is 16.7 Å². The maximum atomic E-state index is 12.2. The van der Waals surface area contributed by atoms with Crippen LogP contribution in [-0.2, 0) is 22.4 Å². The van der Waals surface area contributed by atoms with Crippen molar-refractivity contribution in [1.29, 1.82) is 0 Å². The van der Waals surface area contributed by atoms with Gasteiger partial charge in [0, 0.05) is 11.9 Å². The number of fused-ring (bicyclic) bond motifs is 1. The number of nitrogens with zero attached hydrogens (tertiary/aromatic N) is 1. The van der Waals surface area contributed by atoms with Crippen molar-refractivity contribution in [3.05, 3.63) is 59.8 Å². The predicted octanol–water partition coefficient (Wildman–Crippen LogP) is 2.83. The molecule has 0 saturated carbocycles. The first-order valence-corrected chi connectivity index (χ1v) is 9.11. The van der Waals surface area contributed by atoms with Crippen LogP contribution in [0.4, 0.5) is 0 Å². The fraction of sp³-hybridized carbons (Fsp3) is 0.286. The molecule has 0 aliphatic carbocycles. The lowest BCUT2D eigenvalue weighted by molar-refractivity contribution is -0.141. The number of aliphatic carboxylic acids is 1. The highest BCUT2D eigenvalue weighted by Crippen LogP contribution is 2.18. The number of nitrogens with one attached hydrogen (secondary N) is 1.